The molecule has 1 heterocycles. The topological polar surface area (TPSA) is 64.8 Å². The van der Waals surface area contributed by atoms with Gasteiger partial charge in [-0.15, -0.1) is 0 Å². The fourth-order valence-electron chi connectivity index (χ4n) is 4.33. The molecule has 0 radical (unpaired) electrons. The van der Waals surface area contributed by atoms with Crippen LogP contribution in [-0.2, 0) is 6.61 Å². The number of hydrazone groups is 1. The summed E-state index contributed by atoms with van der Waals surface area (Å²) in [6.45, 7) is 2.49. The molecule has 1 N–H and O–H groups in total. The van der Waals surface area contributed by atoms with Crippen LogP contribution in [0.3, 0.4) is 0 Å². The Morgan fingerprint density at radius 3 is 2.28 bits per heavy atom. The van der Waals surface area contributed by atoms with Crippen LogP contribution in [-0.4, -0.2) is 23.8 Å². The van der Waals surface area contributed by atoms with Gasteiger partial charge >= 0.3 is 0 Å². The molecule has 1 amide bonds. The van der Waals surface area contributed by atoms with Crippen molar-refractivity contribution in [2.75, 3.05) is 7.11 Å². The summed E-state index contributed by atoms with van der Waals surface area (Å²) in [5, 5.41) is 4.15. The van der Waals surface area contributed by atoms with Gasteiger partial charge in [-0.2, -0.15) is 5.10 Å². The van der Waals surface area contributed by atoms with E-state index in [4.69, 9.17) is 9.47 Å². The number of ether oxygens (including phenoxy) is 2. The molecule has 0 spiro atoms. The van der Waals surface area contributed by atoms with Gasteiger partial charge < -0.3 is 14.0 Å². The van der Waals surface area contributed by atoms with Crippen LogP contribution in [0.15, 0.2) is 120 Å². The molecule has 5 aromatic rings. The molecule has 4 aromatic carbocycles. The smallest absolute Gasteiger partial charge is 0.271 e. The van der Waals surface area contributed by atoms with Crippen molar-refractivity contribution in [3.8, 4) is 28.4 Å². The number of nitrogens with one attached hydrogen (secondary N) is 1. The normalized spacial score (nSPS) is 10.9. The molecule has 0 aliphatic carbocycles. The van der Waals surface area contributed by atoms with Gasteiger partial charge in [0.1, 0.15) is 6.61 Å². The second-order valence-electron chi connectivity index (χ2n) is 8.99. The molecule has 1 aromatic heterocycles. The molecule has 0 aliphatic rings. The van der Waals surface area contributed by atoms with E-state index in [9.17, 15) is 4.79 Å². The van der Waals surface area contributed by atoms with Crippen LogP contribution < -0.4 is 14.9 Å². The van der Waals surface area contributed by atoms with Crippen LogP contribution >= 0.6 is 0 Å². The average Bonchev–Trinajstić information content (AvgIpc) is 3.38. The standard InChI is InChI=1S/C33H29N3O3/c1-24-13-19-30(27-11-7-4-8-12-27)36(24)29-17-15-28(16-18-29)33(37)35-34-22-26-14-20-31(38-2)32(21-26)39-23-25-9-5-3-6-10-25/h3-22H,23H2,1-2H3,(H,35,37)/b34-22+. The SMILES string of the molecule is COc1ccc(/C=N/NC(=O)c2ccc(-n3c(C)ccc3-c3ccccc3)cc2)cc1OCc1ccccc1. The van der Waals surface area contributed by atoms with Crippen LogP contribution in [0.1, 0.15) is 27.2 Å². The summed E-state index contributed by atoms with van der Waals surface area (Å²) in [6, 6.07) is 37.3. The van der Waals surface area contributed by atoms with Gasteiger partial charge in [0.15, 0.2) is 11.5 Å². The molecule has 0 aliphatic heterocycles. The first-order valence-corrected chi connectivity index (χ1v) is 12.6. The Hall–Kier alpha value is -5.10. The zero-order valence-corrected chi connectivity index (χ0v) is 21.9. The predicted molar refractivity (Wildman–Crippen MR) is 155 cm³/mol. The molecule has 0 unspecified atom stereocenters. The maximum absolute atomic E-state index is 12.7. The van der Waals surface area contributed by atoms with Crippen molar-refractivity contribution in [1.82, 2.24) is 9.99 Å². The highest BCUT2D eigenvalue weighted by molar-refractivity contribution is 5.95. The molecule has 0 saturated carbocycles. The minimum absolute atomic E-state index is 0.292. The summed E-state index contributed by atoms with van der Waals surface area (Å²) in [7, 11) is 1.60. The lowest BCUT2D eigenvalue weighted by Gasteiger charge is -2.13. The number of carbonyl (C=O) groups is 1. The maximum atomic E-state index is 12.7. The molecule has 194 valence electrons. The minimum Gasteiger partial charge on any atom is -0.493 e. The first kappa shape index (κ1) is 25.5. The Morgan fingerprint density at radius 2 is 1.56 bits per heavy atom. The van der Waals surface area contributed by atoms with Crippen molar-refractivity contribution in [3.05, 3.63) is 138 Å². The van der Waals surface area contributed by atoms with E-state index in [0.717, 1.165) is 33.8 Å². The Balaban J connectivity index is 1.25. The van der Waals surface area contributed by atoms with E-state index in [0.29, 0.717) is 23.7 Å². The molecule has 39 heavy (non-hydrogen) atoms. The minimum atomic E-state index is -0.292. The second-order valence-corrected chi connectivity index (χ2v) is 8.99. The van der Waals surface area contributed by atoms with Crippen LogP contribution in [0.2, 0.25) is 0 Å². The average molecular weight is 516 g/mol. The van der Waals surface area contributed by atoms with E-state index < -0.39 is 0 Å². The molecular weight excluding hydrogens is 486 g/mol. The molecule has 6 nitrogen and oxygen atoms in total. The Bertz CT molecular complexity index is 1570. The Kier molecular flexibility index (Phi) is 7.84. The van der Waals surface area contributed by atoms with E-state index in [1.54, 1.807) is 25.5 Å². The molecule has 0 saturated heterocycles. The third-order valence-electron chi connectivity index (χ3n) is 6.34. The zero-order valence-electron chi connectivity index (χ0n) is 21.9. The molecule has 5 rings (SSSR count). The van der Waals surface area contributed by atoms with Gasteiger partial charge in [-0.25, -0.2) is 5.43 Å². The fourth-order valence-corrected chi connectivity index (χ4v) is 4.33. The molecule has 0 bridgehead atoms. The fraction of sp³-hybridized carbons (Fsp3) is 0.0909. The number of methoxy groups -OCH3 is 1. The number of benzene rings is 4. The monoisotopic (exact) mass is 515 g/mol. The summed E-state index contributed by atoms with van der Waals surface area (Å²) in [5.74, 6) is 0.933. The van der Waals surface area contributed by atoms with E-state index >= 15 is 0 Å². The van der Waals surface area contributed by atoms with Gasteiger partial charge in [0.2, 0.25) is 0 Å². The second kappa shape index (κ2) is 12.0. The van der Waals surface area contributed by atoms with Crippen LogP contribution in [0, 0.1) is 6.92 Å². The van der Waals surface area contributed by atoms with Gasteiger partial charge in [0.05, 0.1) is 19.0 Å². The third-order valence-corrected chi connectivity index (χ3v) is 6.34. The van der Waals surface area contributed by atoms with E-state index in [1.165, 1.54) is 0 Å². The van der Waals surface area contributed by atoms with Gasteiger partial charge in [-0.3, -0.25) is 4.79 Å². The predicted octanol–water partition coefficient (Wildman–Crippen LogP) is 6.80. The number of rotatable bonds is 9. The Labute approximate surface area is 228 Å². The quantitative estimate of drug-likeness (QED) is 0.173. The number of aromatic nitrogens is 1. The van der Waals surface area contributed by atoms with E-state index in [2.05, 4.69) is 46.3 Å². The molecule has 0 fully saturated rings. The molecule has 0 atom stereocenters. The highest BCUT2D eigenvalue weighted by Gasteiger charge is 2.11. The van der Waals surface area contributed by atoms with Gasteiger partial charge in [-0.1, -0.05) is 60.7 Å². The number of hydrogen-bond acceptors (Lipinski definition) is 4. The van der Waals surface area contributed by atoms with Gasteiger partial charge in [0, 0.05) is 16.9 Å². The number of aryl methyl sites for hydroxylation is 1. The zero-order chi connectivity index (χ0) is 27.0. The summed E-state index contributed by atoms with van der Waals surface area (Å²) >= 11 is 0. The first-order chi connectivity index (χ1) is 19.1. The largest absolute Gasteiger partial charge is 0.493 e. The number of carbonyl (C=O) groups excluding carboxylic acids is 1. The lowest BCUT2D eigenvalue weighted by Crippen LogP contribution is -2.17. The number of amides is 1. The summed E-state index contributed by atoms with van der Waals surface area (Å²) in [4.78, 5) is 12.7. The van der Waals surface area contributed by atoms with Crippen LogP contribution in [0.4, 0.5) is 0 Å². The van der Waals surface area contributed by atoms with Crippen molar-refractivity contribution in [3.63, 3.8) is 0 Å². The van der Waals surface area contributed by atoms with E-state index in [1.807, 2.05) is 78.9 Å². The summed E-state index contributed by atoms with van der Waals surface area (Å²) < 4.78 is 13.6. The first-order valence-electron chi connectivity index (χ1n) is 12.6. The summed E-state index contributed by atoms with van der Waals surface area (Å²) in [6.07, 6.45) is 1.58. The van der Waals surface area contributed by atoms with E-state index in [-0.39, 0.29) is 5.91 Å². The highest BCUT2D eigenvalue weighted by atomic mass is 16.5. The maximum Gasteiger partial charge on any atom is 0.271 e. The number of hydrogen-bond donors (Lipinski definition) is 1. The van der Waals surface area contributed by atoms with Crippen LogP contribution in [0.25, 0.3) is 16.9 Å². The number of nitrogens with zero attached hydrogens (tertiary/aromatic N) is 2. The third kappa shape index (κ3) is 6.08. The van der Waals surface area contributed by atoms with Crippen molar-refractivity contribution in [2.45, 2.75) is 13.5 Å². The van der Waals surface area contributed by atoms with Crippen molar-refractivity contribution >= 4 is 12.1 Å². The highest BCUT2D eigenvalue weighted by Crippen LogP contribution is 2.29. The molecule has 6 heteroatoms. The van der Waals surface area contributed by atoms with Crippen molar-refractivity contribution in [2.24, 2.45) is 5.10 Å². The van der Waals surface area contributed by atoms with Crippen molar-refractivity contribution in [1.29, 1.82) is 0 Å². The van der Waals surface area contributed by atoms with Crippen LogP contribution in [0.5, 0.6) is 11.5 Å². The summed E-state index contributed by atoms with van der Waals surface area (Å²) in [5.41, 5.74) is 9.28. The van der Waals surface area contributed by atoms with Gasteiger partial charge in [-0.05, 0) is 78.2 Å². The lowest BCUT2D eigenvalue weighted by molar-refractivity contribution is 0.0955. The Morgan fingerprint density at radius 1 is 0.846 bits per heavy atom. The van der Waals surface area contributed by atoms with Crippen molar-refractivity contribution < 1.29 is 14.3 Å². The lowest BCUT2D eigenvalue weighted by atomic mass is 10.1. The molecular formula is C33H29N3O3. The van der Waals surface area contributed by atoms with Gasteiger partial charge in [0.25, 0.3) is 5.91 Å².